The third-order valence-electron chi connectivity index (χ3n) is 10.5. The Bertz CT molecular complexity index is 630. The van der Waals surface area contributed by atoms with Crippen molar-refractivity contribution < 1.29 is 1.43 Å². The zero-order valence-electron chi connectivity index (χ0n) is 22.0. The molecule has 1 nitrogen and oxygen atoms in total. The largest absolute Gasteiger partial charge is 0.359 e. The van der Waals surface area contributed by atoms with Crippen LogP contribution in [0.15, 0.2) is 0 Å². The second-order valence-corrected chi connectivity index (χ2v) is 12.2. The van der Waals surface area contributed by atoms with Gasteiger partial charge in [0, 0.05) is 13.9 Å². The molecule has 0 aromatic heterocycles. The van der Waals surface area contributed by atoms with Gasteiger partial charge in [-0.25, -0.2) is 0 Å². The van der Waals surface area contributed by atoms with Crippen LogP contribution in [0.3, 0.4) is 0 Å². The zero-order valence-corrected chi connectivity index (χ0v) is 22.0. The highest BCUT2D eigenvalue weighted by Crippen LogP contribution is 2.73. The highest BCUT2D eigenvalue weighted by atomic mass is 14.7. The molecule has 0 saturated heterocycles. The fourth-order valence-corrected chi connectivity index (χ4v) is 9.50. The zero-order chi connectivity index (χ0) is 22.8. The maximum absolute atomic E-state index is 5.53. The average molecular weight is 418 g/mol. The predicted octanol–water partition coefficient (Wildman–Crippen LogP) is 8.67. The first-order chi connectivity index (χ1) is 14.1. The Morgan fingerprint density at radius 2 is 1.57 bits per heavy atom. The number of hydrogen-bond acceptors (Lipinski definition) is 1. The fraction of sp³-hybridized carbons (Fsp3) is 0.931. The van der Waals surface area contributed by atoms with E-state index in [0.717, 1.165) is 30.1 Å². The van der Waals surface area contributed by atoms with Gasteiger partial charge in [0.25, 0.3) is 0 Å². The number of nitrogens with two attached hydrogens (primary N) is 1. The Kier molecular flexibility index (Phi) is 8.08. The monoisotopic (exact) mass is 417 g/mol. The molecule has 3 saturated carbocycles. The maximum Gasteiger partial charge on any atom is 0.0161 e. The van der Waals surface area contributed by atoms with E-state index in [-0.39, 0.29) is 6.84 Å². The standard InChI is InChI=1S/C27H47N.C2H6.H2/c1-8-15-25(5)20(9-2)13-17-27(7)22-12-11-21(24(3,4)16-10-19-28)26(22,6)18-14-23(25)27;1-2;/h20-23H,8-9,11-18,28H2,1-7H3;1-2H3;1H. The first-order valence-electron chi connectivity index (χ1n) is 13.3. The number of rotatable bonds is 5. The summed E-state index contributed by atoms with van der Waals surface area (Å²) in [6, 6.07) is 2.67. The Morgan fingerprint density at radius 3 is 2.13 bits per heavy atom. The molecular formula is C29H55N. The Hall–Kier alpha value is -0.640. The molecule has 0 heterocycles. The van der Waals surface area contributed by atoms with Gasteiger partial charge in [-0.15, -0.1) is 0 Å². The Morgan fingerprint density at radius 1 is 0.933 bits per heavy atom. The Labute approximate surface area is 191 Å². The third-order valence-corrected chi connectivity index (χ3v) is 10.5. The van der Waals surface area contributed by atoms with Crippen molar-refractivity contribution in [3.05, 3.63) is 0 Å². The second-order valence-electron chi connectivity index (χ2n) is 12.2. The topological polar surface area (TPSA) is 26.0 Å². The van der Waals surface area contributed by atoms with Crippen molar-refractivity contribution >= 4 is 0 Å². The van der Waals surface area contributed by atoms with Gasteiger partial charge in [0.05, 0.1) is 0 Å². The van der Waals surface area contributed by atoms with E-state index in [1.165, 1.54) is 57.8 Å². The molecule has 7 unspecified atom stereocenters. The molecule has 0 bridgehead atoms. The molecule has 3 rings (SSSR count). The van der Waals surface area contributed by atoms with Gasteiger partial charge < -0.3 is 5.73 Å². The highest BCUT2D eigenvalue weighted by Gasteiger charge is 2.65. The van der Waals surface area contributed by atoms with Crippen molar-refractivity contribution in [3.8, 4) is 12.0 Å². The van der Waals surface area contributed by atoms with Crippen LogP contribution in [0.2, 0.25) is 0 Å². The molecule has 30 heavy (non-hydrogen) atoms. The third kappa shape index (κ3) is 3.95. The molecule has 3 aliphatic rings. The first-order valence-corrected chi connectivity index (χ1v) is 13.3. The molecule has 0 aliphatic heterocycles. The molecule has 0 aromatic rings. The summed E-state index contributed by atoms with van der Waals surface area (Å²) in [6.07, 6.45) is 13.7. The molecule has 3 aliphatic carbocycles. The summed E-state index contributed by atoms with van der Waals surface area (Å²) in [5.41, 5.74) is 7.37. The lowest BCUT2D eigenvalue weighted by Gasteiger charge is -2.65. The van der Waals surface area contributed by atoms with Gasteiger partial charge in [-0.2, -0.15) is 0 Å². The molecule has 1 heteroatoms. The first kappa shape index (κ1) is 25.6. The van der Waals surface area contributed by atoms with Crippen molar-refractivity contribution in [1.29, 1.82) is 0 Å². The van der Waals surface area contributed by atoms with Crippen molar-refractivity contribution in [2.45, 2.75) is 127 Å². The summed E-state index contributed by atoms with van der Waals surface area (Å²) in [5, 5.41) is 0. The van der Waals surface area contributed by atoms with E-state index in [2.05, 4.69) is 60.4 Å². The van der Waals surface area contributed by atoms with Crippen LogP contribution in [-0.2, 0) is 0 Å². The van der Waals surface area contributed by atoms with Crippen molar-refractivity contribution in [2.24, 2.45) is 51.1 Å². The lowest BCUT2D eigenvalue weighted by molar-refractivity contribution is -0.163. The minimum absolute atomic E-state index is 0. The molecule has 3 fully saturated rings. The molecule has 0 spiro atoms. The average Bonchev–Trinajstić information content (AvgIpc) is 3.08. The van der Waals surface area contributed by atoms with Gasteiger partial charge >= 0.3 is 0 Å². The summed E-state index contributed by atoms with van der Waals surface area (Å²) in [5.74, 6) is 6.74. The molecule has 0 aromatic carbocycles. The molecule has 0 amide bonds. The van der Waals surface area contributed by atoms with Gasteiger partial charge in [-0.3, -0.25) is 0 Å². The number of hydrogen-bond donors (Lipinski definition) is 1. The van der Waals surface area contributed by atoms with E-state index in [4.69, 9.17) is 5.73 Å². The van der Waals surface area contributed by atoms with E-state index in [0.29, 0.717) is 16.2 Å². The van der Waals surface area contributed by atoms with Crippen molar-refractivity contribution in [3.63, 3.8) is 0 Å². The van der Waals surface area contributed by atoms with Gasteiger partial charge in [-0.1, -0.05) is 81.1 Å². The van der Waals surface area contributed by atoms with Crippen LogP contribution in [0, 0.1) is 57.3 Å². The van der Waals surface area contributed by atoms with E-state index in [1.54, 1.807) is 0 Å². The van der Waals surface area contributed by atoms with Gasteiger partial charge in [0.1, 0.15) is 0 Å². The lowest BCUT2D eigenvalue weighted by atomic mass is 9.39. The normalized spacial score (nSPS) is 42.8. The minimum atomic E-state index is 0. The summed E-state index contributed by atoms with van der Waals surface area (Å²) in [7, 11) is 0. The van der Waals surface area contributed by atoms with Gasteiger partial charge in [0.15, 0.2) is 0 Å². The Balaban J connectivity index is 0.00000156. The smallest absolute Gasteiger partial charge is 0.0161 e. The van der Waals surface area contributed by atoms with Crippen LogP contribution >= 0.6 is 0 Å². The van der Waals surface area contributed by atoms with Crippen LogP contribution in [0.25, 0.3) is 0 Å². The summed E-state index contributed by atoms with van der Waals surface area (Å²) in [6.45, 7) is 21.8. The van der Waals surface area contributed by atoms with E-state index in [1.807, 2.05) is 13.8 Å². The van der Waals surface area contributed by atoms with Crippen LogP contribution in [0.5, 0.6) is 0 Å². The van der Waals surface area contributed by atoms with E-state index in [9.17, 15) is 0 Å². The summed E-state index contributed by atoms with van der Waals surface area (Å²) in [4.78, 5) is 0. The minimum Gasteiger partial charge on any atom is -0.359 e. The quantitative estimate of drug-likeness (QED) is 0.351. The van der Waals surface area contributed by atoms with Crippen molar-refractivity contribution in [1.82, 2.24) is 0 Å². The summed E-state index contributed by atoms with van der Waals surface area (Å²) < 4.78 is 0. The van der Waals surface area contributed by atoms with Crippen LogP contribution in [0.1, 0.15) is 128 Å². The fourth-order valence-electron chi connectivity index (χ4n) is 9.50. The molecule has 176 valence electrons. The van der Waals surface area contributed by atoms with E-state index >= 15 is 0 Å². The van der Waals surface area contributed by atoms with Crippen LogP contribution in [0.4, 0.5) is 0 Å². The van der Waals surface area contributed by atoms with Gasteiger partial charge in [-0.05, 0) is 90.3 Å². The van der Waals surface area contributed by atoms with Crippen LogP contribution < -0.4 is 5.73 Å². The molecular weight excluding hydrogens is 362 g/mol. The van der Waals surface area contributed by atoms with E-state index < -0.39 is 0 Å². The number of fused-ring (bicyclic) bond motifs is 3. The molecule has 0 radical (unpaired) electrons. The molecule has 2 N–H and O–H groups in total. The van der Waals surface area contributed by atoms with Gasteiger partial charge in [0.2, 0.25) is 0 Å². The lowest BCUT2D eigenvalue weighted by Crippen LogP contribution is -2.58. The molecule has 7 atom stereocenters. The SMILES string of the molecule is CC.CCCC1(C)C(CC)CCC2(C)C1CCC1(C)C(C(C)(C)CC#CN)CCC12.[HH]. The predicted molar refractivity (Wildman–Crippen MR) is 135 cm³/mol. The van der Waals surface area contributed by atoms with Crippen molar-refractivity contribution in [2.75, 3.05) is 0 Å². The second kappa shape index (κ2) is 9.46. The summed E-state index contributed by atoms with van der Waals surface area (Å²) >= 11 is 0. The highest BCUT2D eigenvalue weighted by molar-refractivity contribution is 5.15. The van der Waals surface area contributed by atoms with Crippen LogP contribution in [-0.4, -0.2) is 0 Å². The maximum atomic E-state index is 5.53.